The molecule has 2 heterocycles. The van der Waals surface area contributed by atoms with Gasteiger partial charge in [-0.2, -0.15) is 0 Å². The second-order valence-electron chi connectivity index (χ2n) is 7.00. The van der Waals surface area contributed by atoms with Crippen molar-refractivity contribution < 1.29 is 4.79 Å². The number of likely N-dealkylation sites (tertiary alicyclic amines) is 1. The molecule has 3 rings (SSSR count). The Morgan fingerprint density at radius 1 is 1.15 bits per heavy atom. The maximum atomic E-state index is 12.4. The Hall–Kier alpha value is -1.72. The lowest BCUT2D eigenvalue weighted by molar-refractivity contribution is -0.115. The van der Waals surface area contributed by atoms with Crippen molar-refractivity contribution in [3.05, 3.63) is 40.9 Å². The fraction of sp³-hybridized carbons (Fsp3) is 0.524. The molecule has 1 aromatic heterocycles. The van der Waals surface area contributed by atoms with Gasteiger partial charge in [0.1, 0.15) is 0 Å². The zero-order valence-corrected chi connectivity index (χ0v) is 16.7. The quantitative estimate of drug-likeness (QED) is 0.729. The van der Waals surface area contributed by atoms with Crippen LogP contribution in [0.1, 0.15) is 57.2 Å². The molecular weight excluding hydrogens is 342 g/mol. The molecule has 0 atom stereocenters. The van der Waals surface area contributed by atoms with Gasteiger partial charge in [-0.25, -0.2) is 4.98 Å². The van der Waals surface area contributed by atoms with Crippen molar-refractivity contribution in [2.45, 2.75) is 58.9 Å². The first-order chi connectivity index (χ1) is 12.7. The van der Waals surface area contributed by atoms with E-state index in [0.717, 1.165) is 42.6 Å². The highest BCUT2D eigenvalue weighted by Crippen LogP contribution is 2.32. The number of anilines is 2. The van der Waals surface area contributed by atoms with Crippen LogP contribution in [0.2, 0.25) is 0 Å². The monoisotopic (exact) mass is 371 g/mol. The van der Waals surface area contributed by atoms with E-state index in [9.17, 15) is 4.79 Å². The van der Waals surface area contributed by atoms with Crippen LogP contribution < -0.4 is 4.90 Å². The highest BCUT2D eigenvalue weighted by molar-refractivity contribution is 7.14. The normalized spacial score (nSPS) is 16.1. The van der Waals surface area contributed by atoms with Crippen molar-refractivity contribution in [3.8, 4) is 0 Å². The summed E-state index contributed by atoms with van der Waals surface area (Å²) >= 11 is 1.57. The Morgan fingerprint density at radius 3 is 2.54 bits per heavy atom. The summed E-state index contributed by atoms with van der Waals surface area (Å²) in [6.45, 7) is 6.93. The average molecular weight is 372 g/mol. The molecule has 0 radical (unpaired) electrons. The van der Waals surface area contributed by atoms with Gasteiger partial charge in [-0.05, 0) is 44.0 Å². The lowest BCUT2D eigenvalue weighted by atomic mass is 10.1. The predicted octanol–water partition coefficient (Wildman–Crippen LogP) is 5.16. The summed E-state index contributed by atoms with van der Waals surface area (Å²) in [5.74, 6) is 0.0121. The maximum absolute atomic E-state index is 12.4. The van der Waals surface area contributed by atoms with Crippen LogP contribution in [0.3, 0.4) is 0 Å². The van der Waals surface area contributed by atoms with Crippen molar-refractivity contribution in [1.82, 2.24) is 9.88 Å². The van der Waals surface area contributed by atoms with E-state index in [0.29, 0.717) is 0 Å². The van der Waals surface area contributed by atoms with Gasteiger partial charge in [-0.15, -0.1) is 11.3 Å². The molecule has 140 valence electrons. The molecule has 0 aliphatic carbocycles. The van der Waals surface area contributed by atoms with Crippen molar-refractivity contribution in [1.29, 1.82) is 0 Å². The fourth-order valence-electron chi connectivity index (χ4n) is 3.61. The second-order valence-corrected chi connectivity index (χ2v) is 7.84. The smallest absolute Gasteiger partial charge is 0.230 e. The molecule has 1 saturated heterocycles. The van der Waals surface area contributed by atoms with E-state index in [1.807, 2.05) is 18.2 Å². The van der Waals surface area contributed by atoms with Crippen molar-refractivity contribution >= 4 is 28.1 Å². The van der Waals surface area contributed by atoms with Crippen LogP contribution in [0, 0.1) is 0 Å². The van der Waals surface area contributed by atoms with Crippen LogP contribution in [-0.4, -0.2) is 28.9 Å². The number of thiazole rings is 1. The lowest BCUT2D eigenvalue weighted by Crippen LogP contribution is -2.27. The minimum Gasteiger partial charge on any atom is -0.297 e. The van der Waals surface area contributed by atoms with E-state index in [4.69, 9.17) is 4.98 Å². The molecular formula is C21H29N3OS. The number of rotatable bonds is 5. The van der Waals surface area contributed by atoms with Crippen molar-refractivity contribution in [3.63, 3.8) is 0 Å². The molecule has 1 aromatic carbocycles. The number of aromatic nitrogens is 1. The number of amides is 1. The van der Waals surface area contributed by atoms with Gasteiger partial charge in [-0.1, -0.05) is 44.4 Å². The van der Waals surface area contributed by atoms with E-state index in [2.05, 4.69) is 23.3 Å². The Balaban J connectivity index is 1.78. The topological polar surface area (TPSA) is 36.4 Å². The van der Waals surface area contributed by atoms with Gasteiger partial charge in [-0.3, -0.25) is 14.6 Å². The number of nitrogens with zero attached hydrogens (tertiary/aromatic N) is 3. The summed E-state index contributed by atoms with van der Waals surface area (Å²) in [4.78, 5) is 21.5. The third-order valence-electron chi connectivity index (χ3n) is 4.99. The van der Waals surface area contributed by atoms with Gasteiger partial charge in [0.2, 0.25) is 5.91 Å². The molecule has 2 aromatic rings. The Kier molecular flexibility index (Phi) is 6.80. The second kappa shape index (κ2) is 9.28. The van der Waals surface area contributed by atoms with E-state index in [1.165, 1.54) is 37.7 Å². The number of benzene rings is 1. The van der Waals surface area contributed by atoms with Crippen LogP contribution in [0.25, 0.3) is 0 Å². The summed E-state index contributed by atoms with van der Waals surface area (Å²) in [5.41, 5.74) is 3.20. The van der Waals surface area contributed by atoms with Crippen LogP contribution >= 0.6 is 11.3 Å². The Labute approximate surface area is 160 Å². The van der Waals surface area contributed by atoms with E-state index < -0.39 is 0 Å². The van der Waals surface area contributed by atoms with E-state index >= 15 is 0 Å². The molecule has 4 nitrogen and oxygen atoms in total. The van der Waals surface area contributed by atoms with Crippen LogP contribution in [0.5, 0.6) is 0 Å². The first kappa shape index (κ1) is 19.1. The minimum absolute atomic E-state index is 0.0121. The molecule has 1 aliphatic rings. The number of carbonyl (C=O) groups excluding carboxylic acids is 1. The predicted molar refractivity (Wildman–Crippen MR) is 109 cm³/mol. The van der Waals surface area contributed by atoms with E-state index in [-0.39, 0.29) is 5.91 Å². The minimum atomic E-state index is 0.0121. The van der Waals surface area contributed by atoms with Crippen LogP contribution in [-0.2, 0) is 17.8 Å². The zero-order valence-electron chi connectivity index (χ0n) is 15.9. The third kappa shape index (κ3) is 4.71. The number of aryl methyl sites for hydroxylation is 1. The molecule has 26 heavy (non-hydrogen) atoms. The maximum Gasteiger partial charge on any atom is 0.230 e. The number of hydrogen-bond acceptors (Lipinski definition) is 4. The van der Waals surface area contributed by atoms with Gasteiger partial charge in [0.25, 0.3) is 0 Å². The molecule has 0 saturated carbocycles. The SMILES string of the molecule is CCc1ccccc1N(C(C)=O)c1nc(CN2CCCCCCC2)cs1. The molecule has 1 fully saturated rings. The molecule has 0 unspecified atom stereocenters. The summed E-state index contributed by atoms with van der Waals surface area (Å²) in [6.07, 6.45) is 7.50. The summed E-state index contributed by atoms with van der Waals surface area (Å²) < 4.78 is 0. The Bertz CT molecular complexity index is 720. The summed E-state index contributed by atoms with van der Waals surface area (Å²) in [5, 5.41) is 2.89. The van der Waals surface area contributed by atoms with Gasteiger partial charge in [0.05, 0.1) is 11.4 Å². The van der Waals surface area contributed by atoms with Gasteiger partial charge >= 0.3 is 0 Å². The van der Waals surface area contributed by atoms with Gasteiger partial charge in [0, 0.05) is 18.8 Å². The zero-order chi connectivity index (χ0) is 18.4. The molecule has 5 heteroatoms. The number of carbonyl (C=O) groups is 1. The molecule has 0 N–H and O–H groups in total. The van der Waals surface area contributed by atoms with Gasteiger partial charge in [0.15, 0.2) is 5.13 Å². The fourth-order valence-corrected chi connectivity index (χ4v) is 4.48. The molecule has 1 amide bonds. The van der Waals surface area contributed by atoms with Crippen molar-refractivity contribution in [2.24, 2.45) is 0 Å². The lowest BCUT2D eigenvalue weighted by Gasteiger charge is -2.23. The molecule has 0 bridgehead atoms. The molecule has 0 spiro atoms. The van der Waals surface area contributed by atoms with Gasteiger partial charge < -0.3 is 0 Å². The van der Waals surface area contributed by atoms with Crippen molar-refractivity contribution in [2.75, 3.05) is 18.0 Å². The number of para-hydroxylation sites is 1. The standard InChI is InChI=1S/C21H29N3OS/c1-3-18-11-7-8-12-20(18)24(17(2)25)21-22-19(16-26-21)15-23-13-9-5-4-6-10-14-23/h7-8,11-12,16H,3-6,9-10,13-15H2,1-2H3. The highest BCUT2D eigenvalue weighted by atomic mass is 32.1. The highest BCUT2D eigenvalue weighted by Gasteiger charge is 2.20. The third-order valence-corrected chi connectivity index (χ3v) is 5.87. The molecule has 1 aliphatic heterocycles. The first-order valence-electron chi connectivity index (χ1n) is 9.74. The number of hydrogen-bond donors (Lipinski definition) is 0. The average Bonchev–Trinajstić information content (AvgIpc) is 3.05. The van der Waals surface area contributed by atoms with E-state index in [1.54, 1.807) is 23.2 Å². The first-order valence-corrected chi connectivity index (χ1v) is 10.6. The summed E-state index contributed by atoms with van der Waals surface area (Å²) in [6, 6.07) is 8.11. The Morgan fingerprint density at radius 2 is 1.85 bits per heavy atom. The summed E-state index contributed by atoms with van der Waals surface area (Å²) in [7, 11) is 0. The van der Waals surface area contributed by atoms with Crippen LogP contribution in [0.15, 0.2) is 29.6 Å². The largest absolute Gasteiger partial charge is 0.297 e. The van der Waals surface area contributed by atoms with Crippen LogP contribution in [0.4, 0.5) is 10.8 Å².